The smallest absolute Gasteiger partial charge is 0.162 e. The highest BCUT2D eigenvalue weighted by Gasteiger charge is 2.02. The third-order valence-electron chi connectivity index (χ3n) is 1.63. The molecule has 0 heterocycles. The van der Waals surface area contributed by atoms with Gasteiger partial charge in [0.15, 0.2) is 5.78 Å². The van der Waals surface area contributed by atoms with Crippen LogP contribution >= 0.6 is 0 Å². The van der Waals surface area contributed by atoms with Gasteiger partial charge in [0.25, 0.3) is 0 Å². The van der Waals surface area contributed by atoms with E-state index in [0.29, 0.717) is 17.7 Å². The van der Waals surface area contributed by atoms with Crippen molar-refractivity contribution >= 4 is 11.5 Å². The summed E-state index contributed by atoms with van der Waals surface area (Å²) in [7, 11) is 0. The van der Waals surface area contributed by atoms with Gasteiger partial charge < -0.3 is 0 Å². The molecular formula is C9H11NO2. The van der Waals surface area contributed by atoms with Crippen LogP contribution in [-0.2, 0) is 0 Å². The Morgan fingerprint density at radius 3 is 2.92 bits per heavy atom. The minimum Gasteiger partial charge on any atom is -0.294 e. The van der Waals surface area contributed by atoms with Crippen molar-refractivity contribution in [2.75, 3.05) is 5.48 Å². The van der Waals surface area contributed by atoms with Gasteiger partial charge >= 0.3 is 0 Å². The molecule has 64 valence electrons. The van der Waals surface area contributed by atoms with E-state index in [0.717, 1.165) is 0 Å². The molecule has 1 aromatic rings. The van der Waals surface area contributed by atoms with Gasteiger partial charge in [-0.05, 0) is 12.1 Å². The number of ketones is 1. The lowest BCUT2D eigenvalue weighted by Crippen LogP contribution is -1.97. The largest absolute Gasteiger partial charge is 0.294 e. The van der Waals surface area contributed by atoms with Crippen LogP contribution in [-0.4, -0.2) is 11.0 Å². The Morgan fingerprint density at radius 1 is 1.58 bits per heavy atom. The summed E-state index contributed by atoms with van der Waals surface area (Å²) in [6.45, 7) is 1.81. The minimum atomic E-state index is 0.0760. The maximum absolute atomic E-state index is 11.2. The van der Waals surface area contributed by atoms with Crippen molar-refractivity contribution in [1.82, 2.24) is 0 Å². The molecule has 0 saturated carbocycles. The van der Waals surface area contributed by atoms with Crippen molar-refractivity contribution < 1.29 is 10.0 Å². The maximum atomic E-state index is 11.2. The normalized spacial score (nSPS) is 9.50. The molecule has 3 nitrogen and oxygen atoms in total. The van der Waals surface area contributed by atoms with E-state index in [1.54, 1.807) is 31.2 Å². The van der Waals surface area contributed by atoms with E-state index in [1.807, 2.05) is 5.48 Å². The summed E-state index contributed by atoms with van der Waals surface area (Å²) in [6.07, 6.45) is 0.481. The van der Waals surface area contributed by atoms with E-state index < -0.39 is 0 Å². The predicted molar refractivity (Wildman–Crippen MR) is 46.5 cm³/mol. The topological polar surface area (TPSA) is 49.3 Å². The number of carbonyl (C=O) groups is 1. The van der Waals surface area contributed by atoms with Crippen molar-refractivity contribution in [1.29, 1.82) is 0 Å². The first-order chi connectivity index (χ1) is 5.77. The molecule has 0 saturated heterocycles. The average Bonchev–Trinajstić information content (AvgIpc) is 2.17. The quantitative estimate of drug-likeness (QED) is 0.532. The first-order valence-corrected chi connectivity index (χ1v) is 3.81. The number of hydrogen-bond acceptors (Lipinski definition) is 3. The lowest BCUT2D eigenvalue weighted by atomic mass is 10.1. The second-order valence-electron chi connectivity index (χ2n) is 2.47. The zero-order valence-electron chi connectivity index (χ0n) is 6.87. The van der Waals surface area contributed by atoms with E-state index in [9.17, 15) is 4.79 Å². The summed E-state index contributed by atoms with van der Waals surface area (Å²) in [5, 5.41) is 8.56. The lowest BCUT2D eigenvalue weighted by molar-refractivity contribution is 0.0988. The molecule has 0 amide bonds. The van der Waals surface area contributed by atoms with Crippen molar-refractivity contribution in [3.8, 4) is 0 Å². The van der Waals surface area contributed by atoms with Crippen LogP contribution in [0.15, 0.2) is 24.3 Å². The van der Waals surface area contributed by atoms with Gasteiger partial charge in [0.05, 0.1) is 5.69 Å². The number of nitrogens with one attached hydrogen (secondary N) is 1. The number of rotatable bonds is 3. The van der Waals surface area contributed by atoms with Gasteiger partial charge in [0.1, 0.15) is 0 Å². The Bertz CT molecular complexity index is 284. The number of Topliss-reactive ketones (excluding diaryl/α,β-unsaturated/α-hetero) is 1. The molecule has 0 aliphatic heterocycles. The van der Waals surface area contributed by atoms with E-state index in [-0.39, 0.29) is 5.78 Å². The Labute approximate surface area is 71.0 Å². The van der Waals surface area contributed by atoms with E-state index in [2.05, 4.69) is 0 Å². The summed E-state index contributed by atoms with van der Waals surface area (Å²) >= 11 is 0. The molecule has 12 heavy (non-hydrogen) atoms. The molecule has 0 bridgehead atoms. The van der Waals surface area contributed by atoms with Gasteiger partial charge in [0, 0.05) is 12.0 Å². The fraction of sp³-hybridized carbons (Fsp3) is 0.222. The molecule has 0 aromatic heterocycles. The number of anilines is 1. The molecule has 1 rings (SSSR count). The summed E-state index contributed by atoms with van der Waals surface area (Å²) in [5.74, 6) is 0.0760. The van der Waals surface area contributed by atoms with Crippen molar-refractivity contribution in [3.05, 3.63) is 29.8 Å². The molecular weight excluding hydrogens is 154 g/mol. The average molecular weight is 165 g/mol. The van der Waals surface area contributed by atoms with Gasteiger partial charge in [-0.1, -0.05) is 19.1 Å². The Morgan fingerprint density at radius 2 is 2.33 bits per heavy atom. The monoisotopic (exact) mass is 165 g/mol. The van der Waals surface area contributed by atoms with Crippen molar-refractivity contribution in [2.24, 2.45) is 0 Å². The van der Waals surface area contributed by atoms with Crippen LogP contribution < -0.4 is 5.48 Å². The van der Waals surface area contributed by atoms with E-state index >= 15 is 0 Å². The third kappa shape index (κ3) is 1.83. The molecule has 0 unspecified atom stereocenters. The maximum Gasteiger partial charge on any atom is 0.162 e. The molecule has 3 heteroatoms. The molecule has 0 aliphatic rings. The fourth-order valence-electron chi connectivity index (χ4n) is 0.966. The summed E-state index contributed by atoms with van der Waals surface area (Å²) < 4.78 is 0. The highest BCUT2D eigenvalue weighted by atomic mass is 16.5. The summed E-state index contributed by atoms with van der Waals surface area (Å²) in [6, 6.07) is 6.76. The Balaban J connectivity index is 2.93. The van der Waals surface area contributed by atoms with Gasteiger partial charge in [-0.15, -0.1) is 0 Å². The van der Waals surface area contributed by atoms with Gasteiger partial charge in [-0.3, -0.25) is 15.5 Å². The van der Waals surface area contributed by atoms with Crippen LogP contribution in [0.5, 0.6) is 0 Å². The highest BCUT2D eigenvalue weighted by Crippen LogP contribution is 2.10. The van der Waals surface area contributed by atoms with Crippen LogP contribution in [0.2, 0.25) is 0 Å². The van der Waals surface area contributed by atoms with Crippen LogP contribution in [0.4, 0.5) is 5.69 Å². The minimum absolute atomic E-state index is 0.0760. The third-order valence-corrected chi connectivity index (χ3v) is 1.63. The molecule has 0 spiro atoms. The Hall–Kier alpha value is -1.35. The number of carbonyl (C=O) groups excluding carboxylic acids is 1. The zero-order valence-corrected chi connectivity index (χ0v) is 6.87. The van der Waals surface area contributed by atoms with Crippen LogP contribution in [0.1, 0.15) is 23.7 Å². The fourth-order valence-corrected chi connectivity index (χ4v) is 0.966. The van der Waals surface area contributed by atoms with Crippen molar-refractivity contribution in [2.45, 2.75) is 13.3 Å². The number of hydrogen-bond donors (Lipinski definition) is 2. The summed E-state index contributed by atoms with van der Waals surface area (Å²) in [5.41, 5.74) is 3.15. The highest BCUT2D eigenvalue weighted by molar-refractivity contribution is 5.96. The van der Waals surface area contributed by atoms with Gasteiger partial charge in [-0.25, -0.2) is 0 Å². The zero-order chi connectivity index (χ0) is 8.97. The predicted octanol–water partition coefficient (Wildman–Crippen LogP) is 2.08. The lowest BCUT2D eigenvalue weighted by Gasteiger charge is -2.00. The second kappa shape index (κ2) is 3.88. The van der Waals surface area contributed by atoms with Crippen LogP contribution in [0, 0.1) is 0 Å². The van der Waals surface area contributed by atoms with Gasteiger partial charge in [-0.2, -0.15) is 0 Å². The molecule has 0 radical (unpaired) electrons. The van der Waals surface area contributed by atoms with E-state index in [1.165, 1.54) is 0 Å². The molecule has 2 N–H and O–H groups in total. The SMILES string of the molecule is CCC(=O)c1cccc(NO)c1. The first kappa shape index (κ1) is 8.74. The molecule has 1 aromatic carbocycles. The first-order valence-electron chi connectivity index (χ1n) is 3.81. The molecule has 0 aliphatic carbocycles. The second-order valence-corrected chi connectivity index (χ2v) is 2.47. The molecule has 0 fully saturated rings. The van der Waals surface area contributed by atoms with Crippen LogP contribution in [0.3, 0.4) is 0 Å². The number of benzene rings is 1. The molecule has 0 atom stereocenters. The van der Waals surface area contributed by atoms with Crippen molar-refractivity contribution in [3.63, 3.8) is 0 Å². The van der Waals surface area contributed by atoms with E-state index in [4.69, 9.17) is 5.21 Å². The standard InChI is InChI=1S/C9H11NO2/c1-2-9(11)7-4-3-5-8(6-7)10-12/h3-6,10,12H,2H2,1H3. The summed E-state index contributed by atoms with van der Waals surface area (Å²) in [4.78, 5) is 11.2. The van der Waals surface area contributed by atoms with Crippen LogP contribution in [0.25, 0.3) is 0 Å². The Kier molecular flexibility index (Phi) is 2.82. The van der Waals surface area contributed by atoms with Gasteiger partial charge in [0.2, 0.25) is 0 Å².